The van der Waals surface area contributed by atoms with Gasteiger partial charge in [-0.3, -0.25) is 4.79 Å². The molecule has 22 heavy (non-hydrogen) atoms. The van der Waals surface area contributed by atoms with Crippen molar-refractivity contribution in [3.63, 3.8) is 0 Å². The van der Waals surface area contributed by atoms with Crippen molar-refractivity contribution >= 4 is 29.0 Å². The molecule has 0 aromatic heterocycles. The van der Waals surface area contributed by atoms with E-state index >= 15 is 0 Å². The number of hydrogen-bond donors (Lipinski definition) is 0. The highest BCUT2D eigenvalue weighted by molar-refractivity contribution is 6.35. The summed E-state index contributed by atoms with van der Waals surface area (Å²) >= 11 is 11.9. The molecular weight excluding hydrogens is 340 g/mol. The van der Waals surface area contributed by atoms with Crippen molar-refractivity contribution in [1.29, 1.82) is 0 Å². The van der Waals surface area contributed by atoms with E-state index in [0.29, 0.717) is 21.7 Å². The van der Waals surface area contributed by atoms with Crippen LogP contribution in [0.1, 0.15) is 12.5 Å². The van der Waals surface area contributed by atoms with Crippen LogP contribution in [0.5, 0.6) is 0 Å². The topological polar surface area (TPSA) is 26.3 Å². The van der Waals surface area contributed by atoms with Crippen LogP contribution in [-0.4, -0.2) is 12.0 Å². The van der Waals surface area contributed by atoms with Crippen molar-refractivity contribution in [3.05, 3.63) is 57.3 Å². The smallest absolute Gasteiger partial charge is 0.416 e. The summed E-state index contributed by atoms with van der Waals surface area (Å²) in [6, 6.07) is 4.83. The maximum absolute atomic E-state index is 12.7. The molecule has 1 aliphatic carbocycles. The molecule has 1 unspecified atom stereocenters. The molecule has 1 aliphatic rings. The van der Waals surface area contributed by atoms with Crippen molar-refractivity contribution in [2.24, 2.45) is 5.92 Å². The van der Waals surface area contributed by atoms with Gasteiger partial charge >= 0.3 is 6.18 Å². The molecule has 1 aromatic rings. The summed E-state index contributed by atoms with van der Waals surface area (Å²) in [5.74, 6) is -1.50. The fourth-order valence-corrected chi connectivity index (χ4v) is 2.40. The lowest BCUT2D eigenvalue weighted by Crippen LogP contribution is -2.23. The molecule has 118 valence electrons. The monoisotopic (exact) mass is 350 g/mol. The first-order chi connectivity index (χ1) is 10.2. The Kier molecular flexibility index (Phi) is 4.87. The molecule has 1 aromatic carbocycles. The molecule has 1 atom stereocenters. The molecule has 0 saturated heterocycles. The molecule has 2 rings (SSSR count). The number of allylic oxidation sites excluding steroid dienone is 4. The van der Waals surface area contributed by atoms with Gasteiger partial charge in [0.25, 0.3) is 0 Å². The Labute approximate surface area is 135 Å². The van der Waals surface area contributed by atoms with Crippen LogP contribution >= 0.6 is 23.2 Å². The molecule has 0 fully saturated rings. The van der Waals surface area contributed by atoms with Crippen LogP contribution in [0.3, 0.4) is 0 Å². The Morgan fingerprint density at radius 1 is 1.18 bits per heavy atom. The van der Waals surface area contributed by atoms with Gasteiger partial charge in [0.2, 0.25) is 0 Å². The summed E-state index contributed by atoms with van der Waals surface area (Å²) in [4.78, 5) is 11.7. The van der Waals surface area contributed by atoms with Crippen molar-refractivity contribution in [2.45, 2.75) is 19.7 Å². The van der Waals surface area contributed by atoms with Crippen molar-refractivity contribution < 1.29 is 22.7 Å². The molecule has 0 aliphatic heterocycles. The Morgan fingerprint density at radius 2 is 1.77 bits per heavy atom. The van der Waals surface area contributed by atoms with E-state index in [9.17, 15) is 18.0 Å². The molecule has 0 N–H and O–H groups in total. The molecule has 0 heterocycles. The lowest BCUT2D eigenvalue weighted by molar-refractivity contribution is -0.120. The first kappa shape index (κ1) is 16.9. The number of carbonyl (C=O) groups excluding carboxylic acids is 1. The van der Waals surface area contributed by atoms with Gasteiger partial charge in [0.05, 0.1) is 11.5 Å². The molecule has 7 heteroatoms. The average molecular weight is 351 g/mol. The van der Waals surface area contributed by atoms with E-state index in [2.05, 4.69) is 0 Å². The summed E-state index contributed by atoms with van der Waals surface area (Å²) in [5.41, 5.74) is -0.578. The zero-order chi connectivity index (χ0) is 16.5. The number of ether oxygens (including phenoxy) is 1. The highest BCUT2D eigenvalue weighted by Crippen LogP contribution is 2.34. The van der Waals surface area contributed by atoms with E-state index < -0.39 is 23.5 Å². The van der Waals surface area contributed by atoms with Crippen molar-refractivity contribution in [2.75, 3.05) is 0 Å². The molecule has 2 nitrogen and oxygen atoms in total. The van der Waals surface area contributed by atoms with E-state index in [1.165, 1.54) is 6.92 Å². The SMILES string of the molecule is CC1C(=O)C=C(C(F)(F)F)C=C1OCc1c(Cl)cccc1Cl. The second kappa shape index (κ2) is 6.34. The van der Waals surface area contributed by atoms with Gasteiger partial charge < -0.3 is 4.74 Å². The third-order valence-electron chi connectivity index (χ3n) is 3.22. The maximum atomic E-state index is 12.7. The predicted octanol–water partition coefficient (Wildman–Crippen LogP) is 5.10. The van der Waals surface area contributed by atoms with E-state index in [1.54, 1.807) is 18.2 Å². The van der Waals surface area contributed by atoms with Crippen LogP contribution < -0.4 is 0 Å². The van der Waals surface area contributed by atoms with Crippen molar-refractivity contribution in [3.8, 4) is 0 Å². The van der Waals surface area contributed by atoms with Crippen LogP contribution in [0, 0.1) is 5.92 Å². The normalized spacial score (nSPS) is 18.8. The number of rotatable bonds is 3. The Morgan fingerprint density at radius 3 is 2.32 bits per heavy atom. The van der Waals surface area contributed by atoms with E-state index in [-0.39, 0.29) is 12.4 Å². The molecule has 0 spiro atoms. The Bertz CT molecular complexity index is 643. The quantitative estimate of drug-likeness (QED) is 0.757. The maximum Gasteiger partial charge on any atom is 0.416 e. The first-order valence-electron chi connectivity index (χ1n) is 6.30. The summed E-state index contributed by atoms with van der Waals surface area (Å²) in [5, 5.41) is 0.684. The third kappa shape index (κ3) is 3.65. The van der Waals surface area contributed by atoms with Crippen LogP contribution in [0.2, 0.25) is 10.0 Å². The lowest BCUT2D eigenvalue weighted by Gasteiger charge is -2.21. The molecule has 0 radical (unpaired) electrons. The van der Waals surface area contributed by atoms with E-state index in [4.69, 9.17) is 27.9 Å². The first-order valence-corrected chi connectivity index (χ1v) is 7.05. The number of alkyl halides is 3. The van der Waals surface area contributed by atoms with Crippen LogP contribution in [-0.2, 0) is 16.1 Å². The van der Waals surface area contributed by atoms with Gasteiger partial charge in [-0.15, -0.1) is 0 Å². The summed E-state index contributed by atoms with van der Waals surface area (Å²) in [6.07, 6.45) is -3.19. The summed E-state index contributed by atoms with van der Waals surface area (Å²) < 4.78 is 43.6. The number of carbonyl (C=O) groups is 1. The Balaban J connectivity index is 2.23. The van der Waals surface area contributed by atoms with Gasteiger partial charge in [0, 0.05) is 15.6 Å². The highest BCUT2D eigenvalue weighted by Gasteiger charge is 2.37. The van der Waals surface area contributed by atoms with Gasteiger partial charge in [-0.05, 0) is 31.2 Å². The minimum atomic E-state index is -4.60. The second-order valence-corrected chi connectivity index (χ2v) is 5.57. The third-order valence-corrected chi connectivity index (χ3v) is 3.93. The van der Waals surface area contributed by atoms with Crippen molar-refractivity contribution in [1.82, 2.24) is 0 Å². The van der Waals surface area contributed by atoms with E-state index in [0.717, 1.165) is 6.08 Å². The van der Waals surface area contributed by atoms with Crippen LogP contribution in [0.25, 0.3) is 0 Å². The van der Waals surface area contributed by atoms with Gasteiger partial charge in [-0.25, -0.2) is 0 Å². The standard InChI is InChI=1S/C15H11Cl2F3O2/c1-8-13(21)5-9(15(18,19)20)6-14(8)22-7-10-11(16)3-2-4-12(10)17/h2-6,8H,7H2,1H3. The zero-order valence-corrected chi connectivity index (χ0v) is 12.9. The van der Waals surface area contributed by atoms with Crippen LogP contribution in [0.15, 0.2) is 41.7 Å². The number of halogens is 5. The number of benzene rings is 1. The van der Waals surface area contributed by atoms with Gasteiger partial charge in [0.15, 0.2) is 5.78 Å². The van der Waals surface area contributed by atoms with Gasteiger partial charge in [0.1, 0.15) is 12.4 Å². The highest BCUT2D eigenvalue weighted by atomic mass is 35.5. The Hall–Kier alpha value is -1.46. The lowest BCUT2D eigenvalue weighted by atomic mass is 9.94. The van der Waals surface area contributed by atoms with E-state index in [1.807, 2.05) is 0 Å². The van der Waals surface area contributed by atoms with Crippen LogP contribution in [0.4, 0.5) is 13.2 Å². The minimum absolute atomic E-state index is 0.0594. The molecular formula is C15H11Cl2F3O2. The molecule has 0 bridgehead atoms. The summed E-state index contributed by atoms with van der Waals surface area (Å²) in [7, 11) is 0. The molecule has 0 amide bonds. The minimum Gasteiger partial charge on any atom is -0.492 e. The zero-order valence-electron chi connectivity index (χ0n) is 11.4. The number of ketones is 1. The van der Waals surface area contributed by atoms with Gasteiger partial charge in [-0.2, -0.15) is 13.2 Å². The van der Waals surface area contributed by atoms with Gasteiger partial charge in [-0.1, -0.05) is 29.3 Å². The second-order valence-electron chi connectivity index (χ2n) is 4.76. The largest absolute Gasteiger partial charge is 0.492 e. The predicted molar refractivity (Wildman–Crippen MR) is 77.6 cm³/mol. The molecule has 0 saturated carbocycles. The fourth-order valence-electron chi connectivity index (χ4n) is 1.89. The number of hydrogen-bond acceptors (Lipinski definition) is 2. The fraction of sp³-hybridized carbons (Fsp3) is 0.267. The summed E-state index contributed by atoms with van der Waals surface area (Å²) in [6.45, 7) is 1.36. The average Bonchev–Trinajstić information content (AvgIpc) is 2.41.